The topological polar surface area (TPSA) is 87.1 Å². The summed E-state index contributed by atoms with van der Waals surface area (Å²) in [6, 6.07) is 28.2. The predicted molar refractivity (Wildman–Crippen MR) is 124 cm³/mol. The molecule has 0 spiro atoms. The van der Waals surface area contributed by atoms with Crippen LogP contribution in [0, 0.1) is 0 Å². The molecular weight excluding hydrogens is 436 g/mol. The first kappa shape index (κ1) is 20.6. The average Bonchev–Trinajstić information content (AvgIpc) is 2.85. The van der Waals surface area contributed by atoms with E-state index in [1.165, 1.54) is 12.1 Å². The van der Waals surface area contributed by atoms with E-state index in [4.69, 9.17) is 4.74 Å². The predicted octanol–water partition coefficient (Wildman–Crippen LogP) is 5.09. The lowest BCUT2D eigenvalue weighted by Gasteiger charge is -2.16. The van der Waals surface area contributed by atoms with Crippen LogP contribution in [0.2, 0.25) is 0 Å². The molecule has 2 heterocycles. The maximum atomic E-state index is 12.9. The SMILES string of the molecule is O=S(=O)([N-]c1nc2ccccc2nc1-[n+]1ccc(Oc2ccccc2)cc1)c1ccccc1. The fourth-order valence-electron chi connectivity index (χ4n) is 3.22. The Bertz CT molecular complexity index is 1510. The molecule has 2 aromatic heterocycles. The number of fused-ring (bicyclic) bond motifs is 1. The van der Waals surface area contributed by atoms with Crippen LogP contribution >= 0.6 is 0 Å². The molecule has 8 heteroatoms. The second-order valence-electron chi connectivity index (χ2n) is 7.10. The third-order valence-electron chi connectivity index (χ3n) is 4.80. The normalized spacial score (nSPS) is 11.3. The molecule has 0 atom stereocenters. The van der Waals surface area contributed by atoms with Crippen LogP contribution in [0.4, 0.5) is 5.82 Å². The second-order valence-corrected chi connectivity index (χ2v) is 8.70. The van der Waals surface area contributed by atoms with Gasteiger partial charge in [0.15, 0.2) is 5.52 Å². The number of ether oxygens (including phenoxy) is 1. The molecule has 7 nitrogen and oxygen atoms in total. The van der Waals surface area contributed by atoms with E-state index in [-0.39, 0.29) is 10.7 Å². The minimum Gasteiger partial charge on any atom is -0.457 e. The maximum Gasteiger partial charge on any atom is 0.327 e. The number of hydrogen-bond acceptors (Lipinski definition) is 5. The summed E-state index contributed by atoms with van der Waals surface area (Å²) < 4.78 is 37.4. The highest BCUT2D eigenvalue weighted by Gasteiger charge is 2.18. The van der Waals surface area contributed by atoms with Crippen LogP contribution in [0.3, 0.4) is 0 Å². The lowest BCUT2D eigenvalue weighted by molar-refractivity contribution is -0.598. The van der Waals surface area contributed by atoms with Gasteiger partial charge in [0, 0.05) is 23.5 Å². The molecule has 5 rings (SSSR count). The summed E-state index contributed by atoms with van der Waals surface area (Å²) in [7, 11) is -3.98. The van der Waals surface area contributed by atoms with E-state index in [0.29, 0.717) is 28.4 Å². The zero-order valence-electron chi connectivity index (χ0n) is 17.3. The van der Waals surface area contributed by atoms with Crippen molar-refractivity contribution in [1.82, 2.24) is 9.97 Å². The summed E-state index contributed by atoms with van der Waals surface area (Å²) in [6.45, 7) is 0. The number of pyridine rings is 1. The summed E-state index contributed by atoms with van der Waals surface area (Å²) >= 11 is 0. The summed E-state index contributed by atoms with van der Waals surface area (Å²) in [4.78, 5) is 9.22. The lowest BCUT2D eigenvalue weighted by Crippen LogP contribution is -2.31. The molecule has 33 heavy (non-hydrogen) atoms. The van der Waals surface area contributed by atoms with Crippen molar-refractivity contribution in [3.8, 4) is 17.3 Å². The molecule has 5 aromatic rings. The molecule has 0 unspecified atom stereocenters. The molecule has 162 valence electrons. The van der Waals surface area contributed by atoms with Crippen LogP contribution in [-0.2, 0) is 10.0 Å². The van der Waals surface area contributed by atoms with Crippen molar-refractivity contribution in [1.29, 1.82) is 0 Å². The van der Waals surface area contributed by atoms with Crippen LogP contribution in [0.5, 0.6) is 11.5 Å². The van der Waals surface area contributed by atoms with E-state index in [1.807, 2.05) is 48.5 Å². The summed E-state index contributed by atoms with van der Waals surface area (Å²) in [5.74, 6) is 1.63. The van der Waals surface area contributed by atoms with Crippen molar-refractivity contribution >= 4 is 26.9 Å². The van der Waals surface area contributed by atoms with E-state index < -0.39 is 10.0 Å². The van der Waals surface area contributed by atoms with Gasteiger partial charge in [-0.1, -0.05) is 54.6 Å². The van der Waals surface area contributed by atoms with Crippen molar-refractivity contribution in [2.45, 2.75) is 4.90 Å². The van der Waals surface area contributed by atoms with Gasteiger partial charge in [-0.25, -0.2) is 13.0 Å². The number of rotatable bonds is 6. The van der Waals surface area contributed by atoms with Gasteiger partial charge in [-0.3, -0.25) is 0 Å². The smallest absolute Gasteiger partial charge is 0.327 e. The molecule has 0 saturated heterocycles. The fraction of sp³-hybridized carbons (Fsp3) is 0. The van der Waals surface area contributed by atoms with Gasteiger partial charge in [-0.15, -0.1) is 0 Å². The monoisotopic (exact) mass is 454 g/mol. The quantitative estimate of drug-likeness (QED) is 0.334. The molecule has 0 amide bonds. The summed E-state index contributed by atoms with van der Waals surface area (Å²) in [5, 5.41) is 0. The molecule has 0 fully saturated rings. The van der Waals surface area contributed by atoms with Crippen LogP contribution in [0.25, 0.3) is 21.6 Å². The van der Waals surface area contributed by atoms with E-state index in [9.17, 15) is 8.42 Å². The molecule has 3 aromatic carbocycles. The van der Waals surface area contributed by atoms with Crippen molar-refractivity contribution in [2.75, 3.05) is 0 Å². The Hall–Kier alpha value is -4.30. The number of aromatic nitrogens is 3. The summed E-state index contributed by atoms with van der Waals surface area (Å²) in [5.41, 5.74) is 1.17. The highest BCUT2D eigenvalue weighted by atomic mass is 32.2. The van der Waals surface area contributed by atoms with Crippen molar-refractivity contribution < 1.29 is 17.7 Å². The van der Waals surface area contributed by atoms with E-state index >= 15 is 0 Å². The number of nitrogens with zero attached hydrogens (tertiary/aromatic N) is 4. The standard InChI is InChI=1S/C25H18N4O3S/c30-33(31,21-11-5-2-6-12-21)28-24-25(27-23-14-8-7-13-22(23)26-24)29-17-15-20(16-18-29)32-19-9-3-1-4-10-19/h1-18H. The van der Waals surface area contributed by atoms with Gasteiger partial charge in [-0.2, -0.15) is 0 Å². The first-order chi connectivity index (χ1) is 16.1. The zero-order valence-corrected chi connectivity index (χ0v) is 18.1. The second kappa shape index (κ2) is 8.68. The van der Waals surface area contributed by atoms with Gasteiger partial charge in [0.2, 0.25) is 10.0 Å². The Labute approximate surface area is 191 Å². The Morgan fingerprint density at radius 3 is 1.88 bits per heavy atom. The van der Waals surface area contributed by atoms with Gasteiger partial charge in [0.25, 0.3) is 0 Å². The van der Waals surface area contributed by atoms with Crippen molar-refractivity contribution in [3.05, 3.63) is 114 Å². The number of hydrogen-bond donors (Lipinski definition) is 0. The Balaban J connectivity index is 1.54. The molecule has 0 bridgehead atoms. The van der Waals surface area contributed by atoms with Crippen LogP contribution in [0.1, 0.15) is 0 Å². The van der Waals surface area contributed by atoms with Gasteiger partial charge >= 0.3 is 5.82 Å². The molecule has 0 aliphatic carbocycles. The minimum absolute atomic E-state index is 0.000666. The first-order valence-electron chi connectivity index (χ1n) is 10.1. The molecule has 0 aliphatic rings. The van der Waals surface area contributed by atoms with Crippen molar-refractivity contribution in [2.24, 2.45) is 0 Å². The van der Waals surface area contributed by atoms with Crippen LogP contribution in [0.15, 0.2) is 114 Å². The highest BCUT2D eigenvalue weighted by Crippen LogP contribution is 2.30. The maximum absolute atomic E-state index is 12.9. The molecule has 0 N–H and O–H groups in total. The summed E-state index contributed by atoms with van der Waals surface area (Å²) in [6.07, 6.45) is 3.45. The first-order valence-corrected chi connectivity index (χ1v) is 11.6. The van der Waals surface area contributed by atoms with Gasteiger partial charge in [0.05, 0.1) is 17.3 Å². The van der Waals surface area contributed by atoms with Gasteiger partial charge in [0.1, 0.15) is 11.5 Å². The Morgan fingerprint density at radius 1 is 0.667 bits per heavy atom. The largest absolute Gasteiger partial charge is 0.457 e. The highest BCUT2D eigenvalue weighted by molar-refractivity contribution is 7.94. The number of benzene rings is 3. The van der Waals surface area contributed by atoms with Crippen molar-refractivity contribution in [3.63, 3.8) is 0 Å². The molecule has 0 aliphatic heterocycles. The fourth-order valence-corrected chi connectivity index (χ4v) is 4.18. The van der Waals surface area contributed by atoms with Gasteiger partial charge < -0.3 is 14.4 Å². The molecule has 0 saturated carbocycles. The van der Waals surface area contributed by atoms with Crippen LogP contribution in [-0.4, -0.2) is 18.4 Å². The van der Waals surface area contributed by atoms with E-state index in [0.717, 1.165) is 0 Å². The zero-order chi connectivity index (χ0) is 22.7. The Kier molecular flexibility index (Phi) is 5.42. The van der Waals surface area contributed by atoms with Crippen LogP contribution < -0.4 is 9.30 Å². The molecular formula is C25H18N4O3S. The Morgan fingerprint density at radius 2 is 1.21 bits per heavy atom. The van der Waals surface area contributed by atoms with E-state index in [2.05, 4.69) is 14.7 Å². The van der Waals surface area contributed by atoms with E-state index in [1.54, 1.807) is 53.4 Å². The third kappa shape index (κ3) is 4.51. The lowest BCUT2D eigenvalue weighted by atomic mass is 10.3. The third-order valence-corrected chi connectivity index (χ3v) is 6.09. The minimum atomic E-state index is -3.98. The van der Waals surface area contributed by atoms with Gasteiger partial charge in [-0.05, 0) is 35.3 Å². The molecule has 0 radical (unpaired) electrons. The average molecular weight is 455 g/mol. The number of sulfonamides is 1. The number of para-hydroxylation sites is 3.